The maximum Gasteiger partial charge on any atom is 0.276 e. The van der Waals surface area contributed by atoms with Crippen LogP contribution in [0.25, 0.3) is 0 Å². The Labute approximate surface area is 159 Å². The molecule has 1 aromatic carbocycles. The van der Waals surface area contributed by atoms with E-state index in [9.17, 15) is 9.90 Å². The predicted octanol–water partition coefficient (Wildman–Crippen LogP) is 2.47. The third-order valence-corrected chi connectivity index (χ3v) is 5.38. The summed E-state index contributed by atoms with van der Waals surface area (Å²) in [6.45, 7) is 3.93. The maximum absolute atomic E-state index is 13.2. The van der Waals surface area contributed by atoms with E-state index in [-0.39, 0.29) is 29.5 Å². The fourth-order valence-electron chi connectivity index (χ4n) is 4.08. The summed E-state index contributed by atoms with van der Waals surface area (Å²) in [6, 6.07) is 12.9. The quantitative estimate of drug-likeness (QED) is 0.899. The normalized spacial score (nSPS) is 23.5. The van der Waals surface area contributed by atoms with E-state index < -0.39 is 0 Å². The Morgan fingerprint density at radius 3 is 2.63 bits per heavy atom. The van der Waals surface area contributed by atoms with E-state index in [1.807, 2.05) is 35.2 Å². The zero-order valence-electron chi connectivity index (χ0n) is 15.3. The first-order chi connectivity index (χ1) is 13.2. The molecule has 1 amide bonds. The minimum Gasteiger partial charge on any atom is -0.505 e. The van der Waals surface area contributed by atoms with Crippen molar-refractivity contribution >= 4 is 5.91 Å². The van der Waals surface area contributed by atoms with Crippen LogP contribution in [0.3, 0.4) is 0 Å². The summed E-state index contributed by atoms with van der Waals surface area (Å²) < 4.78 is 6.13. The van der Waals surface area contributed by atoms with Crippen LogP contribution in [-0.2, 0) is 4.74 Å². The van der Waals surface area contributed by atoms with Crippen LogP contribution in [0.4, 0.5) is 0 Å². The molecule has 1 aromatic heterocycles. The van der Waals surface area contributed by atoms with Crippen LogP contribution >= 0.6 is 0 Å². The number of hydrogen-bond acceptors (Lipinski definition) is 5. The van der Waals surface area contributed by atoms with Gasteiger partial charge in [-0.3, -0.25) is 4.79 Å². The van der Waals surface area contributed by atoms with Crippen LogP contribution < -0.4 is 0 Å². The first-order valence-electron chi connectivity index (χ1n) is 9.58. The molecule has 2 aliphatic rings. The van der Waals surface area contributed by atoms with E-state index in [0.29, 0.717) is 13.2 Å². The van der Waals surface area contributed by atoms with Gasteiger partial charge in [0.05, 0.1) is 18.8 Å². The summed E-state index contributed by atoms with van der Waals surface area (Å²) in [4.78, 5) is 21.6. The standard InChI is InChI=1S/C21H25N3O3/c25-17-9-6-10-22-19(17)21(26)24-13-14-27-18(15-23-11-4-5-12-23)20(24)16-7-2-1-3-8-16/h1-3,6-10,18,20,25H,4-5,11-15H2/t18-,20-/m0/s1. The summed E-state index contributed by atoms with van der Waals surface area (Å²) in [7, 11) is 0. The van der Waals surface area contributed by atoms with E-state index >= 15 is 0 Å². The molecule has 2 aliphatic heterocycles. The lowest BCUT2D eigenvalue weighted by molar-refractivity contribution is -0.0709. The number of pyridine rings is 1. The number of morpholine rings is 1. The summed E-state index contributed by atoms with van der Waals surface area (Å²) in [5.74, 6) is -0.339. The Balaban J connectivity index is 1.65. The smallest absolute Gasteiger partial charge is 0.276 e. The lowest BCUT2D eigenvalue weighted by Crippen LogP contribution is -2.51. The fraction of sp³-hybridized carbons (Fsp3) is 0.429. The van der Waals surface area contributed by atoms with Crippen LogP contribution in [0.2, 0.25) is 0 Å². The molecule has 27 heavy (non-hydrogen) atoms. The average Bonchev–Trinajstić information content (AvgIpc) is 3.21. The average molecular weight is 367 g/mol. The number of ether oxygens (including phenoxy) is 1. The number of likely N-dealkylation sites (tertiary alicyclic amines) is 1. The van der Waals surface area contributed by atoms with Crippen molar-refractivity contribution in [2.24, 2.45) is 0 Å². The van der Waals surface area contributed by atoms with Gasteiger partial charge in [0.2, 0.25) is 0 Å². The molecule has 0 unspecified atom stereocenters. The fourth-order valence-corrected chi connectivity index (χ4v) is 4.08. The van der Waals surface area contributed by atoms with E-state index in [0.717, 1.165) is 25.2 Å². The largest absolute Gasteiger partial charge is 0.505 e. The van der Waals surface area contributed by atoms with Crippen LogP contribution in [0.15, 0.2) is 48.7 Å². The van der Waals surface area contributed by atoms with Gasteiger partial charge in [0.15, 0.2) is 5.69 Å². The van der Waals surface area contributed by atoms with Crippen LogP contribution in [0.5, 0.6) is 5.75 Å². The van der Waals surface area contributed by atoms with E-state index in [1.54, 1.807) is 6.07 Å². The molecule has 2 atom stereocenters. The Morgan fingerprint density at radius 2 is 1.89 bits per heavy atom. The molecule has 0 bridgehead atoms. The van der Waals surface area contributed by atoms with E-state index in [2.05, 4.69) is 9.88 Å². The highest BCUT2D eigenvalue weighted by Crippen LogP contribution is 2.32. The second-order valence-electron chi connectivity index (χ2n) is 7.14. The Morgan fingerprint density at radius 1 is 1.11 bits per heavy atom. The molecule has 6 nitrogen and oxygen atoms in total. The van der Waals surface area contributed by atoms with Crippen molar-refractivity contribution in [3.63, 3.8) is 0 Å². The molecule has 142 valence electrons. The van der Waals surface area contributed by atoms with Gasteiger partial charge in [0, 0.05) is 19.3 Å². The zero-order chi connectivity index (χ0) is 18.6. The van der Waals surface area contributed by atoms with Crippen molar-refractivity contribution in [1.82, 2.24) is 14.8 Å². The van der Waals surface area contributed by atoms with Crippen molar-refractivity contribution in [2.75, 3.05) is 32.8 Å². The molecule has 0 saturated carbocycles. The lowest BCUT2D eigenvalue weighted by atomic mass is 9.97. The Bertz CT molecular complexity index is 777. The SMILES string of the molecule is O=C(c1ncccc1O)N1CCO[C@@H](CN2CCCC2)[C@@H]1c1ccccc1. The molecule has 0 aliphatic carbocycles. The van der Waals surface area contributed by atoms with Gasteiger partial charge in [-0.15, -0.1) is 0 Å². The van der Waals surface area contributed by atoms with Crippen molar-refractivity contribution in [3.8, 4) is 5.75 Å². The number of hydrogen-bond donors (Lipinski definition) is 1. The third kappa shape index (κ3) is 3.82. The van der Waals surface area contributed by atoms with Gasteiger partial charge in [-0.25, -0.2) is 4.98 Å². The highest BCUT2D eigenvalue weighted by atomic mass is 16.5. The summed E-state index contributed by atoms with van der Waals surface area (Å²) in [6.07, 6.45) is 3.86. The summed E-state index contributed by atoms with van der Waals surface area (Å²) >= 11 is 0. The van der Waals surface area contributed by atoms with Gasteiger partial charge < -0.3 is 19.6 Å². The topological polar surface area (TPSA) is 65.9 Å². The number of benzene rings is 1. The maximum atomic E-state index is 13.2. The minimum atomic E-state index is -0.253. The summed E-state index contributed by atoms with van der Waals surface area (Å²) in [5, 5.41) is 10.1. The van der Waals surface area contributed by atoms with Gasteiger partial charge >= 0.3 is 0 Å². The van der Waals surface area contributed by atoms with E-state index in [1.165, 1.54) is 25.1 Å². The first-order valence-corrected chi connectivity index (χ1v) is 9.58. The molecule has 6 heteroatoms. The Kier molecular flexibility index (Phi) is 5.36. The van der Waals surface area contributed by atoms with Crippen molar-refractivity contribution in [1.29, 1.82) is 0 Å². The number of amides is 1. The molecule has 2 aromatic rings. The van der Waals surface area contributed by atoms with Crippen LogP contribution in [-0.4, -0.2) is 64.7 Å². The van der Waals surface area contributed by atoms with Crippen LogP contribution in [0, 0.1) is 0 Å². The van der Waals surface area contributed by atoms with Gasteiger partial charge in [-0.05, 0) is 43.6 Å². The van der Waals surface area contributed by atoms with Crippen LogP contribution in [0.1, 0.15) is 34.9 Å². The third-order valence-electron chi connectivity index (χ3n) is 5.38. The highest BCUT2D eigenvalue weighted by molar-refractivity contribution is 5.95. The number of carbonyl (C=O) groups is 1. The molecule has 4 rings (SSSR count). The highest BCUT2D eigenvalue weighted by Gasteiger charge is 2.38. The molecular weight excluding hydrogens is 342 g/mol. The van der Waals surface area contributed by atoms with E-state index in [4.69, 9.17) is 4.74 Å². The van der Waals surface area contributed by atoms with Gasteiger partial charge in [-0.1, -0.05) is 30.3 Å². The van der Waals surface area contributed by atoms with Gasteiger partial charge in [0.25, 0.3) is 5.91 Å². The zero-order valence-corrected chi connectivity index (χ0v) is 15.3. The van der Waals surface area contributed by atoms with Crippen molar-refractivity contribution in [2.45, 2.75) is 25.0 Å². The first kappa shape index (κ1) is 17.9. The summed E-state index contributed by atoms with van der Waals surface area (Å²) in [5.41, 5.74) is 1.14. The number of rotatable bonds is 4. The molecule has 1 N–H and O–H groups in total. The van der Waals surface area contributed by atoms with Gasteiger partial charge in [-0.2, -0.15) is 0 Å². The molecule has 0 radical (unpaired) electrons. The predicted molar refractivity (Wildman–Crippen MR) is 102 cm³/mol. The Hall–Kier alpha value is -2.44. The molecule has 3 heterocycles. The second-order valence-corrected chi connectivity index (χ2v) is 7.14. The van der Waals surface area contributed by atoms with Crippen molar-refractivity contribution in [3.05, 3.63) is 59.9 Å². The number of nitrogens with zero attached hydrogens (tertiary/aromatic N) is 3. The minimum absolute atomic E-state index is 0.0862. The molecule has 0 spiro atoms. The molecule has 2 saturated heterocycles. The number of carbonyl (C=O) groups excluding carboxylic acids is 1. The number of aromatic hydroxyl groups is 1. The van der Waals surface area contributed by atoms with Gasteiger partial charge in [0.1, 0.15) is 5.75 Å². The van der Waals surface area contributed by atoms with Crippen molar-refractivity contribution < 1.29 is 14.6 Å². The monoisotopic (exact) mass is 367 g/mol. The molecular formula is C21H25N3O3. The number of aromatic nitrogens is 1. The lowest BCUT2D eigenvalue weighted by Gasteiger charge is -2.42. The second kappa shape index (κ2) is 8.06. The molecule has 2 fully saturated rings.